The van der Waals surface area contributed by atoms with Crippen LogP contribution in [0.25, 0.3) is 6.08 Å². The molecule has 2 N–H and O–H groups in total. The van der Waals surface area contributed by atoms with Gasteiger partial charge in [0, 0.05) is 11.3 Å². The van der Waals surface area contributed by atoms with Crippen LogP contribution in [0.1, 0.15) is 90.8 Å². The lowest BCUT2D eigenvalue weighted by atomic mass is 9.73. The molecule has 35 heavy (non-hydrogen) atoms. The fraction of sp³-hybridized carbons (Fsp3) is 0.750. The van der Waals surface area contributed by atoms with E-state index in [-0.39, 0.29) is 23.5 Å². The topological polar surface area (TPSA) is 96.7 Å². The fourth-order valence-electron chi connectivity index (χ4n) is 5.55. The Morgan fingerprint density at radius 3 is 2.54 bits per heavy atom. The molecule has 3 rings (SSSR count). The number of ketones is 1. The first-order chi connectivity index (χ1) is 16.2. The highest BCUT2D eigenvalue weighted by Crippen LogP contribution is 2.58. The molecule has 1 aromatic heterocycles. The molecule has 2 aliphatic rings. The van der Waals surface area contributed by atoms with Crippen molar-refractivity contribution in [3.63, 3.8) is 0 Å². The summed E-state index contributed by atoms with van der Waals surface area (Å²) >= 11 is 1.58. The van der Waals surface area contributed by atoms with Crippen molar-refractivity contribution in [2.45, 2.75) is 105 Å². The standard InChI is InChI=1S/C28H43NO5S/c1-16-9-8-10-28(7)14-20(28)12-22(17(2)11-21-15-35-19(4)29-21)34-24(31)13-23(30)27(5,6)26(33)18(3)25(16)32/h11,15-16,18,20,22-23,25,30,32H,8-10,12-14H2,1-7H3/b17-11+/t16-,18+,20+,22-,23?,25-,28-/m0/s1. The predicted molar refractivity (Wildman–Crippen MR) is 139 cm³/mol. The molecule has 1 aliphatic heterocycles. The summed E-state index contributed by atoms with van der Waals surface area (Å²) in [5.41, 5.74) is 0.825. The SMILES string of the molecule is C/C(=C\c1csc(C)n1)[C@@H]1C[C@@H]2C[C@]2(C)CCC[C@H](C)[C@H](O)[C@@H](C)C(=O)C(C)(C)C(O)CC(=O)O1. The lowest BCUT2D eigenvalue weighted by molar-refractivity contribution is -0.154. The number of nitrogens with zero attached hydrogens (tertiary/aromatic N) is 1. The largest absolute Gasteiger partial charge is 0.458 e. The van der Waals surface area contributed by atoms with E-state index in [9.17, 15) is 19.8 Å². The molecule has 1 saturated carbocycles. The summed E-state index contributed by atoms with van der Waals surface area (Å²) in [5, 5.41) is 24.7. The maximum absolute atomic E-state index is 13.2. The van der Waals surface area contributed by atoms with Gasteiger partial charge in [0.25, 0.3) is 0 Å². The molecule has 0 aromatic carbocycles. The van der Waals surface area contributed by atoms with Crippen LogP contribution in [0.4, 0.5) is 0 Å². The highest BCUT2D eigenvalue weighted by molar-refractivity contribution is 7.09. The van der Waals surface area contributed by atoms with Crippen LogP contribution in [-0.4, -0.2) is 45.3 Å². The number of thiazole rings is 1. The second-order valence-electron chi connectivity index (χ2n) is 11.9. The van der Waals surface area contributed by atoms with E-state index >= 15 is 0 Å². The molecule has 0 radical (unpaired) electrons. The number of esters is 1. The first-order valence-corrected chi connectivity index (χ1v) is 13.8. The van der Waals surface area contributed by atoms with Crippen molar-refractivity contribution in [3.8, 4) is 0 Å². The maximum atomic E-state index is 13.2. The molecule has 0 bridgehead atoms. The summed E-state index contributed by atoms with van der Waals surface area (Å²) in [6.07, 6.45) is 4.06. The van der Waals surface area contributed by atoms with Gasteiger partial charge in [-0.1, -0.05) is 41.0 Å². The summed E-state index contributed by atoms with van der Waals surface area (Å²) in [5.74, 6) is -0.926. The monoisotopic (exact) mass is 505 g/mol. The highest BCUT2D eigenvalue weighted by atomic mass is 32.1. The molecule has 2 heterocycles. The Balaban J connectivity index is 1.85. The average Bonchev–Trinajstić information content (AvgIpc) is 3.22. The Labute approximate surface area is 214 Å². The van der Waals surface area contributed by atoms with Gasteiger partial charge in [-0.15, -0.1) is 11.3 Å². The Kier molecular flexibility index (Phi) is 8.65. The van der Waals surface area contributed by atoms with Crippen molar-refractivity contribution >= 4 is 29.2 Å². The molecule has 2 fully saturated rings. The minimum Gasteiger partial charge on any atom is -0.458 e. The maximum Gasteiger partial charge on any atom is 0.309 e. The number of fused-ring (bicyclic) bond motifs is 1. The number of aromatic nitrogens is 1. The van der Waals surface area contributed by atoms with Gasteiger partial charge in [0.2, 0.25) is 0 Å². The molecule has 1 aromatic rings. The summed E-state index contributed by atoms with van der Waals surface area (Å²) < 4.78 is 5.95. The Morgan fingerprint density at radius 1 is 1.23 bits per heavy atom. The van der Waals surface area contributed by atoms with E-state index in [1.165, 1.54) is 0 Å². The van der Waals surface area contributed by atoms with Crippen molar-refractivity contribution in [3.05, 3.63) is 21.7 Å². The van der Waals surface area contributed by atoms with Crippen LogP contribution in [0.15, 0.2) is 11.0 Å². The van der Waals surface area contributed by atoms with E-state index in [4.69, 9.17) is 4.74 Å². The van der Waals surface area contributed by atoms with Gasteiger partial charge < -0.3 is 14.9 Å². The Hall–Kier alpha value is -1.57. The number of Topliss-reactive ketones (excluding diaryl/α,β-unsaturated/α-hetero) is 1. The molecule has 196 valence electrons. The molecule has 7 heteroatoms. The number of ether oxygens (including phenoxy) is 1. The zero-order chi connectivity index (χ0) is 26.1. The molecule has 1 aliphatic carbocycles. The molecular weight excluding hydrogens is 462 g/mol. The van der Waals surface area contributed by atoms with Gasteiger partial charge in [0.1, 0.15) is 11.9 Å². The lowest BCUT2D eigenvalue weighted by Gasteiger charge is -2.34. The number of carbonyl (C=O) groups is 2. The summed E-state index contributed by atoms with van der Waals surface area (Å²) in [6.45, 7) is 13.2. The van der Waals surface area contributed by atoms with Crippen molar-refractivity contribution in [1.82, 2.24) is 4.98 Å². The Morgan fingerprint density at radius 2 is 1.91 bits per heavy atom. The van der Waals surface area contributed by atoms with E-state index in [1.807, 2.05) is 32.2 Å². The minimum atomic E-state index is -1.20. The third-order valence-electron chi connectivity index (χ3n) is 8.58. The van der Waals surface area contributed by atoms with Crippen LogP contribution < -0.4 is 0 Å². The number of rotatable bonds is 2. The smallest absolute Gasteiger partial charge is 0.309 e. The van der Waals surface area contributed by atoms with Crippen LogP contribution in [0.3, 0.4) is 0 Å². The summed E-state index contributed by atoms with van der Waals surface area (Å²) in [7, 11) is 0. The number of hydrogen-bond donors (Lipinski definition) is 2. The van der Waals surface area contributed by atoms with Crippen LogP contribution in [-0.2, 0) is 14.3 Å². The third kappa shape index (κ3) is 6.60. The van der Waals surface area contributed by atoms with E-state index in [2.05, 4.69) is 11.9 Å². The predicted octanol–water partition coefficient (Wildman–Crippen LogP) is 5.35. The van der Waals surface area contributed by atoms with Crippen LogP contribution in [0.2, 0.25) is 0 Å². The van der Waals surface area contributed by atoms with Gasteiger partial charge in [0.15, 0.2) is 0 Å². The van der Waals surface area contributed by atoms with Gasteiger partial charge in [-0.3, -0.25) is 9.59 Å². The summed E-state index contributed by atoms with van der Waals surface area (Å²) in [4.78, 5) is 30.7. The van der Waals surface area contributed by atoms with Crippen molar-refractivity contribution in [2.75, 3.05) is 0 Å². The minimum absolute atomic E-state index is 0.0138. The number of carbonyl (C=O) groups excluding carboxylic acids is 2. The second-order valence-corrected chi connectivity index (χ2v) is 13.0. The van der Waals surface area contributed by atoms with Crippen LogP contribution in [0, 0.1) is 35.5 Å². The lowest BCUT2D eigenvalue weighted by Crippen LogP contribution is -2.45. The van der Waals surface area contributed by atoms with Gasteiger partial charge in [-0.2, -0.15) is 0 Å². The number of aliphatic hydroxyl groups excluding tert-OH is 2. The molecule has 7 atom stereocenters. The zero-order valence-electron chi connectivity index (χ0n) is 22.3. The van der Waals surface area contributed by atoms with E-state index in [0.29, 0.717) is 5.92 Å². The first-order valence-electron chi connectivity index (χ1n) is 12.9. The third-order valence-corrected chi connectivity index (χ3v) is 9.37. The van der Waals surface area contributed by atoms with Gasteiger partial charge >= 0.3 is 5.97 Å². The summed E-state index contributed by atoms with van der Waals surface area (Å²) in [6, 6.07) is 0. The number of hydrogen-bond acceptors (Lipinski definition) is 7. The molecule has 1 unspecified atom stereocenters. The number of cyclic esters (lactones) is 1. The molecule has 6 nitrogen and oxygen atoms in total. The van der Waals surface area contributed by atoms with Crippen molar-refractivity contribution in [1.29, 1.82) is 0 Å². The van der Waals surface area contributed by atoms with E-state index in [0.717, 1.165) is 48.4 Å². The fourth-order valence-corrected chi connectivity index (χ4v) is 6.12. The van der Waals surface area contributed by atoms with E-state index in [1.54, 1.807) is 32.1 Å². The quantitative estimate of drug-likeness (QED) is 0.526. The van der Waals surface area contributed by atoms with Crippen molar-refractivity contribution < 1.29 is 24.5 Å². The normalized spacial score (nSPS) is 37.5. The molecular formula is C28H43NO5S. The van der Waals surface area contributed by atoms with Crippen molar-refractivity contribution in [2.24, 2.45) is 28.6 Å². The zero-order valence-corrected chi connectivity index (χ0v) is 23.2. The Bertz CT molecular complexity index is 953. The second kappa shape index (κ2) is 10.8. The van der Waals surface area contributed by atoms with Crippen LogP contribution in [0.5, 0.6) is 0 Å². The van der Waals surface area contributed by atoms with Gasteiger partial charge in [-0.05, 0) is 68.4 Å². The molecule has 0 amide bonds. The van der Waals surface area contributed by atoms with Crippen LogP contribution >= 0.6 is 11.3 Å². The first kappa shape index (κ1) is 28.0. The van der Waals surface area contributed by atoms with Gasteiger partial charge in [-0.25, -0.2) is 4.98 Å². The average molecular weight is 506 g/mol. The van der Waals surface area contributed by atoms with Gasteiger partial charge in [0.05, 0.1) is 34.7 Å². The number of aryl methyl sites for hydroxylation is 1. The molecule has 1 saturated heterocycles. The number of aliphatic hydroxyl groups is 2. The highest BCUT2D eigenvalue weighted by Gasteiger charge is 2.50. The van der Waals surface area contributed by atoms with E-state index < -0.39 is 35.6 Å². The molecule has 0 spiro atoms.